The van der Waals surface area contributed by atoms with Gasteiger partial charge < -0.3 is 10.5 Å². The molecule has 0 fully saturated rings. The van der Waals surface area contributed by atoms with E-state index in [4.69, 9.17) is 10.5 Å². The van der Waals surface area contributed by atoms with Crippen LogP contribution in [0.15, 0.2) is 11.7 Å². The van der Waals surface area contributed by atoms with Crippen LogP contribution in [0.4, 0.5) is 5.95 Å². The third-order valence-electron chi connectivity index (χ3n) is 2.70. The molecule has 0 saturated carbocycles. The van der Waals surface area contributed by atoms with Gasteiger partial charge in [-0.3, -0.25) is 5.10 Å². The number of fused-ring (bicyclic) bond motifs is 1. The van der Waals surface area contributed by atoms with Crippen molar-refractivity contribution in [1.82, 2.24) is 25.1 Å². The van der Waals surface area contributed by atoms with E-state index in [1.807, 2.05) is 12.4 Å². The maximum Gasteiger partial charge on any atom is 0.229 e. The molecule has 0 saturated heterocycles. The molecular formula is C11H12N6OS. The van der Waals surface area contributed by atoms with E-state index in [-0.39, 0.29) is 5.95 Å². The van der Waals surface area contributed by atoms with Gasteiger partial charge >= 0.3 is 0 Å². The number of H-pyrrole nitrogens is 1. The van der Waals surface area contributed by atoms with Crippen molar-refractivity contribution in [2.45, 2.75) is 13.3 Å². The van der Waals surface area contributed by atoms with Gasteiger partial charge in [-0.15, -0.1) is 11.3 Å². The van der Waals surface area contributed by atoms with Crippen LogP contribution in [0.25, 0.3) is 11.0 Å². The second-order valence-corrected chi connectivity index (χ2v) is 4.92. The Balaban J connectivity index is 1.75. The van der Waals surface area contributed by atoms with Crippen molar-refractivity contribution in [1.29, 1.82) is 0 Å². The Hall–Kier alpha value is -2.22. The summed E-state index contributed by atoms with van der Waals surface area (Å²) < 4.78 is 5.67. The Morgan fingerprint density at radius 1 is 1.42 bits per heavy atom. The summed E-state index contributed by atoms with van der Waals surface area (Å²) in [6, 6.07) is 0. The first-order valence-corrected chi connectivity index (χ1v) is 6.60. The van der Waals surface area contributed by atoms with Gasteiger partial charge in [0.15, 0.2) is 5.65 Å². The van der Waals surface area contributed by atoms with Gasteiger partial charge in [0.05, 0.1) is 24.0 Å². The molecule has 7 nitrogen and oxygen atoms in total. The summed E-state index contributed by atoms with van der Waals surface area (Å²) in [5, 5.41) is 7.38. The van der Waals surface area contributed by atoms with Gasteiger partial charge in [-0.1, -0.05) is 0 Å². The number of hydrogen-bond donors (Lipinski definition) is 2. The van der Waals surface area contributed by atoms with E-state index in [9.17, 15) is 0 Å². The minimum Gasteiger partial charge on any atom is -0.477 e. The third-order valence-corrected chi connectivity index (χ3v) is 3.70. The summed E-state index contributed by atoms with van der Waals surface area (Å²) in [5.74, 6) is 0.624. The smallest absolute Gasteiger partial charge is 0.229 e. The highest BCUT2D eigenvalue weighted by Gasteiger charge is 2.09. The molecule has 0 radical (unpaired) electrons. The Morgan fingerprint density at radius 2 is 2.32 bits per heavy atom. The molecule has 3 aromatic heterocycles. The molecule has 8 heteroatoms. The average molecular weight is 276 g/mol. The molecule has 0 aliphatic rings. The zero-order valence-electron chi connectivity index (χ0n) is 10.3. The SMILES string of the molecule is Cc1ncsc1CCOc1nc(N)nc2[nH]ncc12. The van der Waals surface area contributed by atoms with Crippen LogP contribution in [-0.2, 0) is 6.42 Å². The fourth-order valence-corrected chi connectivity index (χ4v) is 2.50. The summed E-state index contributed by atoms with van der Waals surface area (Å²) >= 11 is 1.63. The van der Waals surface area contributed by atoms with Crippen LogP contribution in [0.2, 0.25) is 0 Å². The molecule has 0 spiro atoms. The number of aromatic amines is 1. The number of hydrogen-bond acceptors (Lipinski definition) is 7. The average Bonchev–Trinajstić information content (AvgIpc) is 2.98. The number of thiazole rings is 1. The molecule has 0 atom stereocenters. The number of aromatic nitrogens is 5. The highest BCUT2D eigenvalue weighted by atomic mass is 32.1. The van der Waals surface area contributed by atoms with Crippen LogP contribution in [0, 0.1) is 6.92 Å². The highest BCUT2D eigenvalue weighted by molar-refractivity contribution is 7.09. The largest absolute Gasteiger partial charge is 0.477 e. The third kappa shape index (κ3) is 2.34. The lowest BCUT2D eigenvalue weighted by Gasteiger charge is -2.05. The van der Waals surface area contributed by atoms with E-state index in [2.05, 4.69) is 25.1 Å². The Bertz CT molecular complexity index is 706. The van der Waals surface area contributed by atoms with E-state index in [1.54, 1.807) is 17.5 Å². The standard InChI is InChI=1S/C11H12N6OS/c1-6-8(19-5-13-6)2-3-18-10-7-4-14-17-9(7)15-11(12)16-10/h4-5H,2-3H2,1H3,(H3,12,14,15,16,17). The van der Waals surface area contributed by atoms with Crippen LogP contribution < -0.4 is 10.5 Å². The van der Waals surface area contributed by atoms with Gasteiger partial charge in [0.1, 0.15) is 5.39 Å². The number of nitrogen functional groups attached to an aromatic ring is 1. The second kappa shape index (κ2) is 4.81. The monoisotopic (exact) mass is 276 g/mol. The van der Waals surface area contributed by atoms with E-state index in [0.29, 0.717) is 18.1 Å². The molecule has 0 aliphatic carbocycles. The molecule has 3 N–H and O–H groups in total. The predicted molar refractivity (Wildman–Crippen MR) is 72.1 cm³/mol. The van der Waals surface area contributed by atoms with Gasteiger partial charge in [0.25, 0.3) is 0 Å². The summed E-state index contributed by atoms with van der Waals surface area (Å²) in [6.07, 6.45) is 2.42. The minimum atomic E-state index is 0.167. The van der Waals surface area contributed by atoms with E-state index in [0.717, 1.165) is 17.5 Å². The molecule has 3 heterocycles. The molecule has 0 amide bonds. The van der Waals surface area contributed by atoms with Crippen molar-refractivity contribution >= 4 is 28.3 Å². The van der Waals surface area contributed by atoms with Crippen molar-refractivity contribution in [3.05, 3.63) is 22.3 Å². The van der Waals surface area contributed by atoms with Crippen molar-refractivity contribution < 1.29 is 4.74 Å². The van der Waals surface area contributed by atoms with Crippen molar-refractivity contribution in [3.63, 3.8) is 0 Å². The molecule has 0 aromatic carbocycles. The molecule has 3 aromatic rings. The number of rotatable bonds is 4. The van der Waals surface area contributed by atoms with E-state index >= 15 is 0 Å². The maximum absolute atomic E-state index is 5.67. The van der Waals surface area contributed by atoms with Gasteiger partial charge in [-0.25, -0.2) is 4.98 Å². The molecule has 0 bridgehead atoms. The lowest BCUT2D eigenvalue weighted by atomic mass is 10.3. The van der Waals surface area contributed by atoms with Gasteiger partial charge in [-0.2, -0.15) is 15.1 Å². The second-order valence-electron chi connectivity index (χ2n) is 3.98. The molecule has 3 rings (SSSR count). The lowest BCUT2D eigenvalue weighted by molar-refractivity contribution is 0.314. The van der Waals surface area contributed by atoms with Gasteiger partial charge in [-0.05, 0) is 6.92 Å². The lowest BCUT2D eigenvalue weighted by Crippen LogP contribution is -2.05. The first kappa shape index (κ1) is 11.8. The normalized spacial score (nSPS) is 11.0. The Labute approximate surface area is 112 Å². The predicted octanol–water partition coefficient (Wildman–Crippen LogP) is 1.32. The summed E-state index contributed by atoms with van der Waals surface area (Å²) in [5.41, 5.74) is 9.08. The highest BCUT2D eigenvalue weighted by Crippen LogP contribution is 2.21. The molecular weight excluding hydrogens is 264 g/mol. The van der Waals surface area contributed by atoms with E-state index < -0.39 is 0 Å². The van der Waals surface area contributed by atoms with Crippen molar-refractivity contribution in [3.8, 4) is 5.88 Å². The van der Waals surface area contributed by atoms with Gasteiger partial charge in [0.2, 0.25) is 11.8 Å². The summed E-state index contributed by atoms with van der Waals surface area (Å²) in [6.45, 7) is 2.50. The zero-order chi connectivity index (χ0) is 13.2. The van der Waals surface area contributed by atoms with E-state index in [1.165, 1.54) is 4.88 Å². The maximum atomic E-state index is 5.67. The topological polar surface area (TPSA) is 103 Å². The molecule has 98 valence electrons. The quantitative estimate of drug-likeness (QED) is 0.745. The number of aryl methyl sites for hydroxylation is 1. The summed E-state index contributed by atoms with van der Waals surface area (Å²) in [7, 11) is 0. The zero-order valence-corrected chi connectivity index (χ0v) is 11.1. The fourth-order valence-electron chi connectivity index (χ4n) is 1.74. The number of anilines is 1. The number of nitrogens with one attached hydrogen (secondary N) is 1. The Kier molecular flexibility index (Phi) is 3.00. The molecule has 19 heavy (non-hydrogen) atoms. The van der Waals surface area contributed by atoms with Crippen LogP contribution in [0.3, 0.4) is 0 Å². The Morgan fingerprint density at radius 3 is 3.11 bits per heavy atom. The van der Waals surface area contributed by atoms with Crippen LogP contribution >= 0.6 is 11.3 Å². The first-order valence-electron chi connectivity index (χ1n) is 5.72. The van der Waals surface area contributed by atoms with Crippen LogP contribution in [-0.4, -0.2) is 31.8 Å². The number of nitrogens with two attached hydrogens (primary N) is 1. The van der Waals surface area contributed by atoms with Crippen LogP contribution in [0.1, 0.15) is 10.6 Å². The first-order chi connectivity index (χ1) is 9.24. The summed E-state index contributed by atoms with van der Waals surface area (Å²) in [4.78, 5) is 13.5. The molecule has 0 aliphatic heterocycles. The molecule has 0 unspecified atom stereocenters. The van der Waals surface area contributed by atoms with Gasteiger partial charge in [0, 0.05) is 11.3 Å². The van der Waals surface area contributed by atoms with Crippen molar-refractivity contribution in [2.75, 3.05) is 12.3 Å². The minimum absolute atomic E-state index is 0.167. The van der Waals surface area contributed by atoms with Crippen LogP contribution in [0.5, 0.6) is 5.88 Å². The number of ether oxygens (including phenoxy) is 1. The van der Waals surface area contributed by atoms with Crippen molar-refractivity contribution in [2.24, 2.45) is 0 Å². The number of nitrogens with zero attached hydrogens (tertiary/aromatic N) is 4. The fraction of sp³-hybridized carbons (Fsp3) is 0.273.